The molecule has 0 spiro atoms. The van der Waals surface area contributed by atoms with Crippen molar-refractivity contribution in [2.24, 2.45) is 5.92 Å². The lowest BCUT2D eigenvalue weighted by Crippen LogP contribution is -1.94. The maximum atomic E-state index is 2.38. The molecular formula is C16H28P. The lowest BCUT2D eigenvalue weighted by molar-refractivity contribution is 0.530. The Balaban J connectivity index is 1.87. The lowest BCUT2D eigenvalue weighted by Gasteiger charge is -2.11. The second-order valence-electron chi connectivity index (χ2n) is 5.23. The Morgan fingerprint density at radius 2 is 1.65 bits per heavy atom. The van der Waals surface area contributed by atoms with Gasteiger partial charge in [0.05, 0.1) is 0 Å². The monoisotopic (exact) mass is 251 g/mol. The molecule has 1 heterocycles. The van der Waals surface area contributed by atoms with Crippen LogP contribution in [0.2, 0.25) is 0 Å². The van der Waals surface area contributed by atoms with Gasteiger partial charge in [-0.05, 0) is 26.2 Å². The van der Waals surface area contributed by atoms with Crippen molar-refractivity contribution in [1.29, 1.82) is 0 Å². The van der Waals surface area contributed by atoms with Gasteiger partial charge in [-0.2, -0.15) is 0 Å². The number of rotatable bonds is 10. The van der Waals surface area contributed by atoms with Crippen LogP contribution in [0.4, 0.5) is 0 Å². The van der Waals surface area contributed by atoms with Crippen LogP contribution in [0.5, 0.6) is 0 Å². The summed E-state index contributed by atoms with van der Waals surface area (Å²) in [6.45, 7) is 4.67. The third-order valence-electron chi connectivity index (χ3n) is 3.57. The van der Waals surface area contributed by atoms with Crippen molar-refractivity contribution in [2.45, 2.75) is 71.6 Å². The summed E-state index contributed by atoms with van der Waals surface area (Å²) >= 11 is 0. The van der Waals surface area contributed by atoms with Gasteiger partial charge in [-0.15, -0.1) is 0 Å². The van der Waals surface area contributed by atoms with Crippen LogP contribution in [0, 0.1) is 5.92 Å². The van der Waals surface area contributed by atoms with Crippen molar-refractivity contribution < 1.29 is 0 Å². The average Bonchev–Trinajstić information content (AvgIpc) is 2.86. The van der Waals surface area contributed by atoms with Crippen LogP contribution in [-0.4, -0.2) is 0 Å². The van der Waals surface area contributed by atoms with Gasteiger partial charge in [-0.25, -0.2) is 0 Å². The molecule has 0 saturated carbocycles. The predicted molar refractivity (Wildman–Crippen MR) is 80.5 cm³/mol. The minimum Gasteiger partial charge on any atom is -0.0654 e. The van der Waals surface area contributed by atoms with E-state index in [9.17, 15) is 0 Å². The Morgan fingerprint density at radius 1 is 1.00 bits per heavy atom. The molecule has 1 radical (unpaired) electrons. The Bertz CT molecular complexity index is 240. The van der Waals surface area contributed by atoms with Crippen molar-refractivity contribution in [2.75, 3.05) is 0 Å². The third kappa shape index (κ3) is 7.04. The molecule has 1 atom stereocenters. The zero-order valence-electron chi connectivity index (χ0n) is 11.6. The fourth-order valence-corrected chi connectivity index (χ4v) is 3.24. The molecule has 0 aliphatic carbocycles. The first-order valence-corrected chi connectivity index (χ1v) is 8.38. The van der Waals surface area contributed by atoms with Gasteiger partial charge in [0.1, 0.15) is 0 Å². The van der Waals surface area contributed by atoms with E-state index in [1.165, 1.54) is 66.4 Å². The summed E-state index contributed by atoms with van der Waals surface area (Å²) in [5, 5.41) is 1.62. The summed E-state index contributed by atoms with van der Waals surface area (Å²) < 4.78 is 0. The van der Waals surface area contributed by atoms with Crippen molar-refractivity contribution in [3.63, 3.8) is 0 Å². The quantitative estimate of drug-likeness (QED) is 0.306. The Labute approximate surface area is 110 Å². The first-order chi connectivity index (χ1) is 8.34. The standard InChI is InChI=1S/C16H28P/c1-3-4-5-6-7-8-9-10-12-15(2)16-13-11-14-17-16/h11,13-15H,3-10,12H2,1-2H3. The molecule has 1 aliphatic heterocycles. The van der Waals surface area contributed by atoms with Crippen molar-refractivity contribution >= 4 is 8.58 Å². The molecule has 17 heavy (non-hydrogen) atoms. The maximum absolute atomic E-state index is 2.38. The Hall–Kier alpha value is -0.0900. The van der Waals surface area contributed by atoms with E-state index in [4.69, 9.17) is 0 Å². The summed E-state index contributed by atoms with van der Waals surface area (Å²) in [6, 6.07) is 0. The van der Waals surface area contributed by atoms with Gasteiger partial charge in [-0.1, -0.05) is 83.2 Å². The molecule has 0 aromatic rings. The number of hydrogen-bond donors (Lipinski definition) is 0. The molecule has 0 saturated heterocycles. The highest BCUT2D eigenvalue weighted by atomic mass is 31.1. The minimum atomic E-state index is 0.798. The Kier molecular flexibility index (Phi) is 8.71. The SMILES string of the molecule is CCCCCCCCCCC(C)C1=CC=C[P]1. The van der Waals surface area contributed by atoms with Gasteiger partial charge in [0, 0.05) is 0 Å². The molecule has 0 nitrogen and oxygen atoms in total. The van der Waals surface area contributed by atoms with Crippen LogP contribution in [0.15, 0.2) is 23.3 Å². The van der Waals surface area contributed by atoms with E-state index in [0.29, 0.717) is 0 Å². The summed E-state index contributed by atoms with van der Waals surface area (Å²) in [4.78, 5) is 0. The van der Waals surface area contributed by atoms with E-state index in [-0.39, 0.29) is 0 Å². The van der Waals surface area contributed by atoms with Gasteiger partial charge in [0.25, 0.3) is 0 Å². The number of unbranched alkanes of at least 4 members (excludes halogenated alkanes) is 7. The highest BCUT2D eigenvalue weighted by Crippen LogP contribution is 2.37. The van der Waals surface area contributed by atoms with E-state index >= 15 is 0 Å². The van der Waals surface area contributed by atoms with Crippen molar-refractivity contribution in [1.82, 2.24) is 0 Å². The fourth-order valence-electron chi connectivity index (χ4n) is 2.34. The summed E-state index contributed by atoms with van der Waals surface area (Å²) in [6.07, 6.45) is 17.3. The molecule has 0 bridgehead atoms. The van der Waals surface area contributed by atoms with Gasteiger partial charge in [0.2, 0.25) is 0 Å². The normalized spacial score (nSPS) is 17.6. The summed E-state index contributed by atoms with van der Waals surface area (Å²) in [5.74, 6) is 3.05. The van der Waals surface area contributed by atoms with Crippen LogP contribution in [0.25, 0.3) is 0 Å². The molecule has 1 heteroatoms. The van der Waals surface area contributed by atoms with E-state index < -0.39 is 0 Å². The highest BCUT2D eigenvalue weighted by molar-refractivity contribution is 7.47. The van der Waals surface area contributed by atoms with E-state index in [0.717, 1.165) is 5.92 Å². The Morgan fingerprint density at radius 3 is 2.24 bits per heavy atom. The second kappa shape index (κ2) is 9.89. The molecule has 97 valence electrons. The second-order valence-corrected chi connectivity index (χ2v) is 6.30. The zero-order chi connectivity index (χ0) is 12.3. The zero-order valence-corrected chi connectivity index (χ0v) is 12.5. The van der Waals surface area contributed by atoms with Crippen molar-refractivity contribution in [3.05, 3.63) is 23.3 Å². The maximum Gasteiger partial charge on any atom is -0.0179 e. The highest BCUT2D eigenvalue weighted by Gasteiger charge is 2.09. The molecule has 0 aromatic heterocycles. The third-order valence-corrected chi connectivity index (χ3v) is 4.78. The molecule has 0 amide bonds. The minimum absolute atomic E-state index is 0.798. The summed E-state index contributed by atoms with van der Waals surface area (Å²) in [5.41, 5.74) is 0. The largest absolute Gasteiger partial charge is 0.0654 e. The smallest absolute Gasteiger partial charge is 0.0179 e. The molecule has 1 unspecified atom stereocenters. The van der Waals surface area contributed by atoms with E-state index in [2.05, 4.69) is 31.8 Å². The van der Waals surface area contributed by atoms with Gasteiger partial charge >= 0.3 is 0 Å². The fraction of sp³-hybridized carbons (Fsp3) is 0.750. The first kappa shape index (κ1) is 15.0. The lowest BCUT2D eigenvalue weighted by atomic mass is 10.0. The van der Waals surface area contributed by atoms with Crippen LogP contribution < -0.4 is 0 Å². The van der Waals surface area contributed by atoms with Crippen LogP contribution in [0.3, 0.4) is 0 Å². The average molecular weight is 251 g/mol. The van der Waals surface area contributed by atoms with Crippen LogP contribution in [-0.2, 0) is 0 Å². The van der Waals surface area contributed by atoms with Gasteiger partial charge in [0.15, 0.2) is 0 Å². The molecule has 0 fully saturated rings. The molecule has 1 aliphatic rings. The molecular weight excluding hydrogens is 223 g/mol. The summed E-state index contributed by atoms with van der Waals surface area (Å²) in [7, 11) is 1.44. The number of allylic oxidation sites excluding steroid dienone is 3. The predicted octanol–water partition coefficient (Wildman–Crippen LogP) is 6.51. The molecule has 1 rings (SSSR count). The topological polar surface area (TPSA) is 0 Å². The van der Waals surface area contributed by atoms with Crippen molar-refractivity contribution in [3.8, 4) is 0 Å². The molecule has 0 N–H and O–H groups in total. The van der Waals surface area contributed by atoms with Crippen LogP contribution >= 0.6 is 8.58 Å². The van der Waals surface area contributed by atoms with E-state index in [1.807, 2.05) is 0 Å². The number of hydrogen-bond acceptors (Lipinski definition) is 0. The van der Waals surface area contributed by atoms with E-state index in [1.54, 1.807) is 5.31 Å². The first-order valence-electron chi connectivity index (χ1n) is 7.42. The van der Waals surface area contributed by atoms with Gasteiger partial charge in [-0.3, -0.25) is 0 Å². The van der Waals surface area contributed by atoms with Crippen LogP contribution in [0.1, 0.15) is 71.6 Å². The van der Waals surface area contributed by atoms with Gasteiger partial charge < -0.3 is 0 Å². The molecule has 0 aromatic carbocycles.